The van der Waals surface area contributed by atoms with Crippen molar-refractivity contribution in [2.45, 2.75) is 0 Å². The summed E-state index contributed by atoms with van der Waals surface area (Å²) in [7, 11) is 3.33. The first kappa shape index (κ1) is 14.1. The molecule has 0 aliphatic heterocycles. The molecule has 0 amide bonds. The van der Waals surface area contributed by atoms with Crippen molar-refractivity contribution < 1.29 is 9.47 Å². The van der Waals surface area contributed by atoms with Crippen LogP contribution in [0.4, 0.5) is 5.69 Å². The van der Waals surface area contributed by atoms with Crippen LogP contribution >= 0.6 is 0 Å². The molecule has 0 saturated carbocycles. The van der Waals surface area contributed by atoms with Crippen molar-refractivity contribution >= 4 is 22.7 Å². The van der Waals surface area contributed by atoms with Crippen LogP contribution in [0.2, 0.25) is 0 Å². The lowest BCUT2D eigenvalue weighted by Crippen LogP contribution is -1.89. The molecule has 0 aromatic heterocycles. The molecule has 0 heterocycles. The Morgan fingerprint density at radius 1 is 0.727 bits per heavy atom. The first-order valence-electron chi connectivity index (χ1n) is 7.06. The van der Waals surface area contributed by atoms with Gasteiger partial charge in [0.05, 0.1) is 14.2 Å². The lowest BCUT2D eigenvalue weighted by atomic mass is 10.0. The molecule has 110 valence electrons. The molecule has 3 aromatic carbocycles. The Labute approximate surface area is 129 Å². The fraction of sp³-hybridized carbons (Fsp3) is 0.105. The van der Waals surface area contributed by atoms with Gasteiger partial charge in [0.25, 0.3) is 0 Å². The third-order valence-corrected chi connectivity index (χ3v) is 3.57. The van der Waals surface area contributed by atoms with Gasteiger partial charge in [-0.1, -0.05) is 36.4 Å². The second-order valence-electron chi connectivity index (χ2n) is 4.83. The molecular weight excluding hydrogens is 274 g/mol. The Balaban J connectivity index is 2.06. The summed E-state index contributed by atoms with van der Waals surface area (Å²) in [6.07, 6.45) is 1.86. The van der Waals surface area contributed by atoms with Gasteiger partial charge >= 0.3 is 0 Å². The van der Waals surface area contributed by atoms with Gasteiger partial charge < -0.3 is 9.47 Å². The highest BCUT2D eigenvalue weighted by Crippen LogP contribution is 2.29. The SMILES string of the molecule is COc1ccccc1N=Cc1ccc(OC)c2ccccc12. The van der Waals surface area contributed by atoms with Crippen molar-refractivity contribution in [3.05, 3.63) is 66.2 Å². The third kappa shape index (κ3) is 2.66. The summed E-state index contributed by atoms with van der Waals surface area (Å²) in [6, 6.07) is 19.8. The maximum atomic E-state index is 5.42. The van der Waals surface area contributed by atoms with E-state index in [4.69, 9.17) is 9.47 Å². The van der Waals surface area contributed by atoms with Crippen molar-refractivity contribution in [1.29, 1.82) is 0 Å². The topological polar surface area (TPSA) is 30.8 Å². The second-order valence-corrected chi connectivity index (χ2v) is 4.83. The molecule has 3 heteroatoms. The van der Waals surface area contributed by atoms with E-state index in [1.165, 1.54) is 0 Å². The van der Waals surface area contributed by atoms with Gasteiger partial charge in [0.15, 0.2) is 0 Å². The molecule has 0 aliphatic rings. The van der Waals surface area contributed by atoms with E-state index in [9.17, 15) is 0 Å². The predicted molar refractivity (Wildman–Crippen MR) is 90.7 cm³/mol. The van der Waals surface area contributed by atoms with Crippen LogP contribution in [0.5, 0.6) is 11.5 Å². The molecule has 0 saturated heterocycles. The van der Waals surface area contributed by atoms with Crippen LogP contribution in [0.1, 0.15) is 5.56 Å². The van der Waals surface area contributed by atoms with Gasteiger partial charge in [0.2, 0.25) is 0 Å². The minimum absolute atomic E-state index is 0.761. The van der Waals surface area contributed by atoms with Crippen molar-refractivity contribution in [3.63, 3.8) is 0 Å². The van der Waals surface area contributed by atoms with Crippen LogP contribution in [0, 0.1) is 0 Å². The maximum Gasteiger partial charge on any atom is 0.144 e. The van der Waals surface area contributed by atoms with Crippen molar-refractivity contribution in [3.8, 4) is 11.5 Å². The van der Waals surface area contributed by atoms with Gasteiger partial charge in [-0.25, -0.2) is 0 Å². The summed E-state index contributed by atoms with van der Waals surface area (Å²) in [6.45, 7) is 0. The lowest BCUT2D eigenvalue weighted by Gasteiger charge is -2.08. The standard InChI is InChI=1S/C19H17NO2/c1-21-18-12-11-14(15-7-3-4-8-16(15)18)13-20-17-9-5-6-10-19(17)22-2/h3-13H,1-2H3. The molecule has 22 heavy (non-hydrogen) atoms. The first-order valence-corrected chi connectivity index (χ1v) is 7.06. The Morgan fingerprint density at radius 3 is 2.18 bits per heavy atom. The minimum atomic E-state index is 0.761. The molecular formula is C19H17NO2. The normalized spacial score (nSPS) is 11.0. The molecule has 0 atom stereocenters. The van der Waals surface area contributed by atoms with E-state index in [2.05, 4.69) is 17.1 Å². The van der Waals surface area contributed by atoms with Gasteiger partial charge in [-0.05, 0) is 29.7 Å². The van der Waals surface area contributed by atoms with Crippen molar-refractivity contribution in [2.75, 3.05) is 14.2 Å². The number of methoxy groups -OCH3 is 2. The average Bonchev–Trinajstić information content (AvgIpc) is 2.59. The quantitative estimate of drug-likeness (QED) is 0.657. The number of nitrogens with zero attached hydrogens (tertiary/aromatic N) is 1. The Kier molecular flexibility index (Phi) is 4.05. The molecule has 0 bridgehead atoms. The number of benzene rings is 3. The second kappa shape index (κ2) is 6.31. The van der Waals surface area contributed by atoms with E-state index in [0.29, 0.717) is 0 Å². The van der Waals surface area contributed by atoms with E-state index in [1.54, 1.807) is 14.2 Å². The van der Waals surface area contributed by atoms with Crippen LogP contribution in [0.15, 0.2) is 65.7 Å². The molecule has 0 fully saturated rings. The van der Waals surface area contributed by atoms with E-state index in [1.807, 2.05) is 54.7 Å². The van der Waals surface area contributed by atoms with Gasteiger partial charge in [0, 0.05) is 17.2 Å². The zero-order valence-electron chi connectivity index (χ0n) is 12.6. The maximum absolute atomic E-state index is 5.42. The number of ether oxygens (including phenoxy) is 2. The van der Waals surface area contributed by atoms with E-state index in [-0.39, 0.29) is 0 Å². The summed E-state index contributed by atoms with van der Waals surface area (Å²) in [5.41, 5.74) is 1.85. The van der Waals surface area contributed by atoms with Gasteiger partial charge in [-0.2, -0.15) is 0 Å². The highest BCUT2D eigenvalue weighted by Gasteiger charge is 2.05. The fourth-order valence-corrected chi connectivity index (χ4v) is 2.46. The number of fused-ring (bicyclic) bond motifs is 1. The van der Waals surface area contributed by atoms with Gasteiger partial charge in [0.1, 0.15) is 17.2 Å². The summed E-state index contributed by atoms with van der Waals surface area (Å²) < 4.78 is 10.7. The highest BCUT2D eigenvalue weighted by molar-refractivity contribution is 6.03. The number of rotatable bonds is 4. The third-order valence-electron chi connectivity index (χ3n) is 3.57. The van der Waals surface area contributed by atoms with Gasteiger partial charge in [-0.15, -0.1) is 0 Å². The summed E-state index contributed by atoms with van der Waals surface area (Å²) >= 11 is 0. The minimum Gasteiger partial charge on any atom is -0.496 e. The van der Waals surface area contributed by atoms with Gasteiger partial charge in [-0.3, -0.25) is 4.99 Å². The average molecular weight is 291 g/mol. The van der Waals surface area contributed by atoms with Crippen LogP contribution < -0.4 is 9.47 Å². The molecule has 3 rings (SSSR count). The number of hydrogen-bond donors (Lipinski definition) is 0. The van der Waals surface area contributed by atoms with Crippen LogP contribution in [0.25, 0.3) is 10.8 Å². The molecule has 0 spiro atoms. The smallest absolute Gasteiger partial charge is 0.144 e. The molecule has 0 N–H and O–H groups in total. The fourth-order valence-electron chi connectivity index (χ4n) is 2.46. The summed E-state index contributed by atoms with van der Waals surface area (Å²) in [5.74, 6) is 1.63. The van der Waals surface area contributed by atoms with Crippen LogP contribution in [-0.2, 0) is 0 Å². The Hall–Kier alpha value is -2.81. The molecule has 3 nitrogen and oxygen atoms in total. The first-order chi connectivity index (χ1) is 10.8. The van der Waals surface area contributed by atoms with E-state index in [0.717, 1.165) is 33.5 Å². The van der Waals surface area contributed by atoms with Crippen molar-refractivity contribution in [1.82, 2.24) is 0 Å². The molecule has 0 aliphatic carbocycles. The predicted octanol–water partition coefficient (Wildman–Crippen LogP) is 4.61. The zero-order chi connectivity index (χ0) is 15.4. The van der Waals surface area contributed by atoms with Crippen molar-refractivity contribution in [2.24, 2.45) is 4.99 Å². The Morgan fingerprint density at radius 2 is 1.41 bits per heavy atom. The molecule has 3 aromatic rings. The lowest BCUT2D eigenvalue weighted by molar-refractivity contribution is 0.416. The largest absolute Gasteiger partial charge is 0.496 e. The molecule has 0 radical (unpaired) electrons. The van der Waals surface area contributed by atoms with E-state index >= 15 is 0 Å². The Bertz CT molecular complexity index is 825. The highest BCUT2D eigenvalue weighted by atomic mass is 16.5. The zero-order valence-corrected chi connectivity index (χ0v) is 12.6. The number of aliphatic imine (C=N–C) groups is 1. The molecule has 0 unspecified atom stereocenters. The number of para-hydroxylation sites is 2. The summed E-state index contributed by atoms with van der Waals surface area (Å²) in [4.78, 5) is 4.56. The number of hydrogen-bond acceptors (Lipinski definition) is 3. The van der Waals surface area contributed by atoms with Crippen LogP contribution in [-0.4, -0.2) is 20.4 Å². The van der Waals surface area contributed by atoms with Crippen LogP contribution in [0.3, 0.4) is 0 Å². The van der Waals surface area contributed by atoms with E-state index < -0.39 is 0 Å². The summed E-state index contributed by atoms with van der Waals surface area (Å²) in [5, 5.41) is 2.19. The monoisotopic (exact) mass is 291 g/mol.